The zero-order valence-electron chi connectivity index (χ0n) is 12.0. The van der Waals surface area contributed by atoms with Gasteiger partial charge in [0.2, 0.25) is 5.60 Å². The van der Waals surface area contributed by atoms with Gasteiger partial charge in [0, 0.05) is 16.1 Å². The molecule has 0 spiro atoms. The second-order valence-electron chi connectivity index (χ2n) is 4.57. The van der Waals surface area contributed by atoms with Crippen LogP contribution in [0.3, 0.4) is 0 Å². The van der Waals surface area contributed by atoms with Crippen LogP contribution in [-0.4, -0.2) is 30.4 Å². The van der Waals surface area contributed by atoms with E-state index in [2.05, 4.69) is 0 Å². The number of ether oxygens (including phenoxy) is 2. The number of carbonyl (C=O) groups is 1. The van der Waals surface area contributed by atoms with E-state index in [0.717, 1.165) is 0 Å². The predicted molar refractivity (Wildman–Crippen MR) is 81.6 cm³/mol. The molecule has 116 valence electrons. The molecule has 0 fully saturated rings. The lowest BCUT2D eigenvalue weighted by molar-refractivity contribution is -0.155. The second kappa shape index (κ2) is 6.25. The lowest BCUT2D eigenvalue weighted by Crippen LogP contribution is -2.37. The van der Waals surface area contributed by atoms with E-state index in [4.69, 9.17) is 21.1 Å². The predicted octanol–water partition coefficient (Wildman–Crippen LogP) is 2.68. The molecule has 0 bridgehead atoms. The second-order valence-corrected chi connectivity index (χ2v) is 4.97. The average molecular weight is 323 g/mol. The van der Waals surface area contributed by atoms with E-state index in [1.54, 1.807) is 12.1 Å². The number of aliphatic hydroxyl groups is 1. The zero-order chi connectivity index (χ0) is 16.3. The van der Waals surface area contributed by atoms with Gasteiger partial charge < -0.3 is 19.7 Å². The van der Waals surface area contributed by atoms with Gasteiger partial charge in [0.05, 0.1) is 14.2 Å². The number of halogens is 1. The van der Waals surface area contributed by atoms with E-state index in [1.807, 2.05) is 0 Å². The van der Waals surface area contributed by atoms with E-state index < -0.39 is 11.6 Å². The Balaban J connectivity index is 2.68. The summed E-state index contributed by atoms with van der Waals surface area (Å²) in [4.78, 5) is 11.7. The highest BCUT2D eigenvalue weighted by Crippen LogP contribution is 2.38. The fourth-order valence-corrected chi connectivity index (χ4v) is 2.48. The van der Waals surface area contributed by atoms with Gasteiger partial charge in [0.15, 0.2) is 11.5 Å². The van der Waals surface area contributed by atoms with Crippen LogP contribution in [0, 0.1) is 0 Å². The normalized spacial score (nSPS) is 13.3. The molecule has 2 rings (SSSR count). The smallest absolute Gasteiger partial charge is 0.345 e. The molecule has 2 N–H and O–H groups in total. The fraction of sp³-hybridized carbons (Fsp3) is 0.188. The van der Waals surface area contributed by atoms with Crippen LogP contribution in [0.5, 0.6) is 11.5 Å². The van der Waals surface area contributed by atoms with Crippen LogP contribution in [0.15, 0.2) is 42.5 Å². The Hall–Kier alpha value is -2.24. The van der Waals surface area contributed by atoms with Crippen LogP contribution < -0.4 is 9.47 Å². The highest BCUT2D eigenvalue weighted by molar-refractivity contribution is 6.31. The zero-order valence-corrected chi connectivity index (χ0v) is 12.8. The van der Waals surface area contributed by atoms with Gasteiger partial charge in [-0.1, -0.05) is 35.9 Å². The SMILES string of the molecule is COc1ccc(C(O)(C(=O)O)c2ccccc2Cl)cc1OC. The van der Waals surface area contributed by atoms with Gasteiger partial charge in [-0.2, -0.15) is 0 Å². The third-order valence-corrected chi connectivity index (χ3v) is 3.70. The van der Waals surface area contributed by atoms with Gasteiger partial charge in [0.25, 0.3) is 0 Å². The Morgan fingerprint density at radius 3 is 2.27 bits per heavy atom. The molecule has 5 nitrogen and oxygen atoms in total. The topological polar surface area (TPSA) is 76.0 Å². The summed E-state index contributed by atoms with van der Waals surface area (Å²) in [5.74, 6) is -0.697. The first-order chi connectivity index (χ1) is 10.4. The first-order valence-corrected chi connectivity index (χ1v) is 6.76. The monoisotopic (exact) mass is 322 g/mol. The van der Waals surface area contributed by atoms with E-state index >= 15 is 0 Å². The van der Waals surface area contributed by atoms with Crippen molar-refractivity contribution in [2.45, 2.75) is 5.60 Å². The Morgan fingerprint density at radius 1 is 1.09 bits per heavy atom. The van der Waals surface area contributed by atoms with E-state index in [-0.39, 0.29) is 16.1 Å². The molecule has 2 aromatic rings. The molecule has 0 aliphatic carbocycles. The number of methoxy groups -OCH3 is 2. The van der Waals surface area contributed by atoms with Gasteiger partial charge in [0.1, 0.15) is 0 Å². The number of rotatable bonds is 5. The molecule has 6 heteroatoms. The summed E-state index contributed by atoms with van der Waals surface area (Å²) in [6.45, 7) is 0. The summed E-state index contributed by atoms with van der Waals surface area (Å²) >= 11 is 6.06. The molecule has 0 amide bonds. The standard InChI is InChI=1S/C16H15ClO5/c1-21-13-8-7-10(9-14(13)22-2)16(20,15(18)19)11-5-3-4-6-12(11)17/h3-9,20H,1-2H3,(H,18,19). The molecule has 0 aliphatic heterocycles. The van der Waals surface area contributed by atoms with Gasteiger partial charge in [-0.25, -0.2) is 4.79 Å². The fourth-order valence-electron chi connectivity index (χ4n) is 2.21. The average Bonchev–Trinajstić information content (AvgIpc) is 2.53. The summed E-state index contributed by atoms with van der Waals surface area (Å²) in [5.41, 5.74) is -2.10. The van der Waals surface area contributed by atoms with Gasteiger partial charge in [-0.15, -0.1) is 0 Å². The van der Waals surface area contributed by atoms with Gasteiger partial charge in [-0.3, -0.25) is 0 Å². The van der Waals surface area contributed by atoms with Gasteiger partial charge in [-0.05, 0) is 18.2 Å². The minimum absolute atomic E-state index is 0.0800. The largest absolute Gasteiger partial charge is 0.493 e. The Kier molecular flexibility index (Phi) is 4.59. The maximum Gasteiger partial charge on any atom is 0.345 e. The Labute approximate surface area is 132 Å². The van der Waals surface area contributed by atoms with Crippen molar-refractivity contribution in [2.75, 3.05) is 14.2 Å². The summed E-state index contributed by atoms with van der Waals surface area (Å²) in [7, 11) is 2.89. The molecule has 0 aliphatic rings. The third-order valence-electron chi connectivity index (χ3n) is 3.37. The number of aliphatic carboxylic acids is 1. The number of hydrogen-bond donors (Lipinski definition) is 2. The van der Waals surface area contributed by atoms with Crippen LogP contribution in [0.25, 0.3) is 0 Å². The summed E-state index contributed by atoms with van der Waals surface area (Å²) in [6, 6.07) is 10.6. The highest BCUT2D eigenvalue weighted by Gasteiger charge is 2.42. The van der Waals surface area contributed by atoms with Crippen LogP contribution in [-0.2, 0) is 10.4 Å². The minimum Gasteiger partial charge on any atom is -0.493 e. The van der Waals surface area contributed by atoms with Crippen LogP contribution in [0.2, 0.25) is 5.02 Å². The van der Waals surface area contributed by atoms with Gasteiger partial charge >= 0.3 is 5.97 Å². The van der Waals surface area contributed by atoms with Crippen molar-refractivity contribution in [3.8, 4) is 11.5 Å². The molecule has 2 aromatic carbocycles. The van der Waals surface area contributed by atoms with E-state index in [1.165, 1.54) is 44.6 Å². The molecule has 0 radical (unpaired) electrons. The van der Waals surface area contributed by atoms with Crippen molar-refractivity contribution in [3.05, 3.63) is 58.6 Å². The first kappa shape index (κ1) is 16.1. The molecule has 1 unspecified atom stereocenters. The summed E-state index contributed by atoms with van der Waals surface area (Å²) in [5, 5.41) is 20.5. The molecule has 0 saturated carbocycles. The Bertz CT molecular complexity index is 701. The lowest BCUT2D eigenvalue weighted by Gasteiger charge is -2.26. The van der Waals surface area contributed by atoms with E-state index in [0.29, 0.717) is 11.5 Å². The van der Waals surface area contributed by atoms with Crippen molar-refractivity contribution < 1.29 is 24.5 Å². The molecule has 1 atom stereocenters. The third kappa shape index (κ3) is 2.61. The number of carboxylic acids is 1. The first-order valence-electron chi connectivity index (χ1n) is 6.38. The van der Waals surface area contributed by atoms with Crippen molar-refractivity contribution in [1.29, 1.82) is 0 Å². The number of hydrogen-bond acceptors (Lipinski definition) is 4. The highest BCUT2D eigenvalue weighted by atomic mass is 35.5. The summed E-state index contributed by atoms with van der Waals surface area (Å²) < 4.78 is 10.3. The number of carboxylic acid groups (broad SMARTS) is 1. The minimum atomic E-state index is -2.29. The van der Waals surface area contributed by atoms with Crippen LogP contribution in [0.4, 0.5) is 0 Å². The lowest BCUT2D eigenvalue weighted by atomic mass is 9.86. The molecular weight excluding hydrogens is 308 g/mol. The van der Waals surface area contributed by atoms with E-state index in [9.17, 15) is 15.0 Å². The van der Waals surface area contributed by atoms with Crippen molar-refractivity contribution in [3.63, 3.8) is 0 Å². The van der Waals surface area contributed by atoms with Crippen molar-refractivity contribution >= 4 is 17.6 Å². The maximum absolute atomic E-state index is 11.7. The molecular formula is C16H15ClO5. The van der Waals surface area contributed by atoms with Crippen molar-refractivity contribution in [2.24, 2.45) is 0 Å². The van der Waals surface area contributed by atoms with Crippen LogP contribution >= 0.6 is 11.6 Å². The molecule has 0 heterocycles. The molecule has 0 aromatic heterocycles. The quantitative estimate of drug-likeness (QED) is 0.885. The Morgan fingerprint density at radius 2 is 1.73 bits per heavy atom. The van der Waals surface area contributed by atoms with Crippen LogP contribution in [0.1, 0.15) is 11.1 Å². The maximum atomic E-state index is 11.7. The van der Waals surface area contributed by atoms with Crippen molar-refractivity contribution in [1.82, 2.24) is 0 Å². The molecule has 0 saturated heterocycles. The number of benzene rings is 2. The summed E-state index contributed by atoms with van der Waals surface area (Å²) in [6.07, 6.45) is 0. The molecule has 22 heavy (non-hydrogen) atoms.